The summed E-state index contributed by atoms with van der Waals surface area (Å²) in [6, 6.07) is 7.21. The van der Waals surface area contributed by atoms with Gasteiger partial charge >= 0.3 is 0 Å². The van der Waals surface area contributed by atoms with Gasteiger partial charge < -0.3 is 4.90 Å². The minimum atomic E-state index is 0. The molecule has 0 fully saturated rings. The second kappa shape index (κ2) is 7.75. The van der Waals surface area contributed by atoms with Crippen molar-refractivity contribution >= 4 is 23.9 Å². The largest absolute Gasteiger partial charge is 0.353 e. The topological polar surface area (TPSA) is 33.4 Å². The van der Waals surface area contributed by atoms with Crippen LogP contribution in [-0.4, -0.2) is 27.2 Å². The smallest absolute Gasteiger partial charge is 0.165 e. The van der Waals surface area contributed by atoms with Gasteiger partial charge in [-0.1, -0.05) is 37.6 Å². The van der Waals surface area contributed by atoms with Crippen LogP contribution in [0.25, 0.3) is 16.8 Å². The van der Waals surface area contributed by atoms with Gasteiger partial charge in [0.15, 0.2) is 5.65 Å². The fourth-order valence-corrected chi connectivity index (χ4v) is 4.70. The van der Waals surface area contributed by atoms with Crippen molar-refractivity contribution in [1.82, 2.24) is 14.6 Å². The van der Waals surface area contributed by atoms with Crippen LogP contribution in [-0.2, 0) is 6.42 Å². The molecule has 0 atom stereocenters. The van der Waals surface area contributed by atoms with Crippen LogP contribution in [0.1, 0.15) is 54.8 Å². The van der Waals surface area contributed by atoms with Crippen LogP contribution in [0.5, 0.6) is 0 Å². The number of nitrogens with zero attached hydrogens (tertiary/aromatic N) is 4. The molecule has 3 heterocycles. The Balaban J connectivity index is 0.00000225. The maximum Gasteiger partial charge on any atom is 0.165 e. The van der Waals surface area contributed by atoms with E-state index in [1.165, 1.54) is 33.6 Å². The zero-order valence-corrected chi connectivity index (χ0v) is 18.7. The molecule has 0 N–H and O–H groups in total. The first-order valence-electron chi connectivity index (χ1n) is 10.2. The van der Waals surface area contributed by atoms with Crippen LogP contribution in [0, 0.1) is 27.7 Å². The molecule has 4 nitrogen and oxygen atoms in total. The van der Waals surface area contributed by atoms with Gasteiger partial charge in [0.25, 0.3) is 0 Å². The van der Waals surface area contributed by atoms with Crippen LogP contribution in [0.4, 0.5) is 5.82 Å². The molecule has 0 spiro atoms. The van der Waals surface area contributed by atoms with Crippen molar-refractivity contribution in [2.45, 2.75) is 66.8 Å². The van der Waals surface area contributed by atoms with Gasteiger partial charge in [-0.3, -0.25) is 0 Å². The predicted octanol–water partition coefficient (Wildman–Crippen LogP) is 5.60. The van der Waals surface area contributed by atoms with Gasteiger partial charge in [-0.05, 0) is 58.1 Å². The molecule has 2 aromatic heterocycles. The van der Waals surface area contributed by atoms with Gasteiger partial charge in [0.2, 0.25) is 0 Å². The molecule has 4 rings (SSSR count). The van der Waals surface area contributed by atoms with Gasteiger partial charge in [0.1, 0.15) is 5.82 Å². The molecular formula is C23H31ClN4. The third-order valence-corrected chi connectivity index (χ3v) is 6.13. The molecule has 0 aliphatic carbocycles. The molecule has 3 aromatic rings. The van der Waals surface area contributed by atoms with Crippen molar-refractivity contribution < 1.29 is 0 Å². The van der Waals surface area contributed by atoms with Crippen LogP contribution in [0.15, 0.2) is 18.2 Å². The highest BCUT2D eigenvalue weighted by atomic mass is 35.5. The molecule has 150 valence electrons. The highest BCUT2D eigenvalue weighted by molar-refractivity contribution is 5.85. The van der Waals surface area contributed by atoms with E-state index in [-0.39, 0.29) is 12.4 Å². The summed E-state index contributed by atoms with van der Waals surface area (Å²) in [5, 5.41) is 4.98. The van der Waals surface area contributed by atoms with Crippen molar-refractivity contribution in [2.75, 3.05) is 11.4 Å². The van der Waals surface area contributed by atoms with Crippen molar-refractivity contribution in [2.24, 2.45) is 0 Å². The average molecular weight is 399 g/mol. The number of aromatic nitrogens is 3. The van der Waals surface area contributed by atoms with E-state index in [9.17, 15) is 0 Å². The number of benzene rings is 1. The molecule has 1 aliphatic rings. The lowest BCUT2D eigenvalue weighted by molar-refractivity contribution is 0.563. The van der Waals surface area contributed by atoms with Crippen LogP contribution in [0.3, 0.4) is 0 Å². The molecule has 1 aliphatic heterocycles. The SMILES string of the molecule is CCC(CC)N1CCc2c(C)nc3c(-c4ccc(C)cc4C)c(C)nn3c21.Cl. The highest BCUT2D eigenvalue weighted by Crippen LogP contribution is 2.38. The quantitative estimate of drug-likeness (QED) is 0.573. The number of anilines is 1. The van der Waals surface area contributed by atoms with Gasteiger partial charge in [0, 0.05) is 29.4 Å². The first-order chi connectivity index (χ1) is 13.0. The standard InChI is InChI=1S/C23H30N4.ClH/c1-7-18(8-2)26-12-11-20-16(5)24-22-21(17(6)25-27(22)23(20)26)19-10-9-14(3)13-15(19)4;/h9-10,13,18H,7-8,11-12H2,1-6H3;1H. The number of hydrogen-bond donors (Lipinski definition) is 0. The Bertz CT molecular complexity index is 1020. The van der Waals surface area contributed by atoms with Crippen LogP contribution < -0.4 is 4.90 Å². The minimum absolute atomic E-state index is 0. The third-order valence-electron chi connectivity index (χ3n) is 6.13. The molecule has 5 heteroatoms. The fraction of sp³-hybridized carbons (Fsp3) is 0.478. The average Bonchev–Trinajstić information content (AvgIpc) is 3.19. The second-order valence-corrected chi connectivity index (χ2v) is 7.93. The van der Waals surface area contributed by atoms with Crippen molar-refractivity contribution in [3.63, 3.8) is 0 Å². The van der Waals surface area contributed by atoms with E-state index in [1.54, 1.807) is 0 Å². The lowest BCUT2D eigenvalue weighted by Crippen LogP contribution is -2.34. The lowest BCUT2D eigenvalue weighted by atomic mass is 9.99. The van der Waals surface area contributed by atoms with Gasteiger partial charge in [-0.25, -0.2) is 4.98 Å². The Kier molecular flexibility index (Phi) is 5.72. The van der Waals surface area contributed by atoms with Crippen molar-refractivity contribution in [3.8, 4) is 11.1 Å². The van der Waals surface area contributed by atoms with E-state index in [2.05, 4.69) is 69.2 Å². The summed E-state index contributed by atoms with van der Waals surface area (Å²) in [7, 11) is 0. The van der Waals surface area contributed by atoms with E-state index in [4.69, 9.17) is 10.1 Å². The Morgan fingerprint density at radius 3 is 2.39 bits per heavy atom. The fourth-order valence-electron chi connectivity index (χ4n) is 4.70. The zero-order valence-electron chi connectivity index (χ0n) is 17.8. The maximum atomic E-state index is 5.03. The summed E-state index contributed by atoms with van der Waals surface area (Å²) in [6.07, 6.45) is 3.38. The third kappa shape index (κ3) is 3.08. The number of hydrogen-bond acceptors (Lipinski definition) is 3. The molecule has 0 radical (unpaired) electrons. The summed E-state index contributed by atoms with van der Waals surface area (Å²) >= 11 is 0. The van der Waals surface area contributed by atoms with Crippen molar-refractivity contribution in [1.29, 1.82) is 0 Å². The molecule has 0 saturated carbocycles. The number of aryl methyl sites for hydroxylation is 4. The first-order valence-corrected chi connectivity index (χ1v) is 10.2. The molecular weight excluding hydrogens is 368 g/mol. The Labute approximate surface area is 174 Å². The predicted molar refractivity (Wildman–Crippen MR) is 120 cm³/mol. The van der Waals surface area contributed by atoms with Crippen molar-refractivity contribution in [3.05, 3.63) is 46.3 Å². The van der Waals surface area contributed by atoms with Gasteiger partial charge in [0.05, 0.1) is 5.69 Å². The number of rotatable bonds is 4. The van der Waals surface area contributed by atoms with E-state index in [1.807, 2.05) is 0 Å². The molecule has 0 bridgehead atoms. The Morgan fingerprint density at radius 2 is 1.75 bits per heavy atom. The molecule has 0 amide bonds. The minimum Gasteiger partial charge on any atom is -0.353 e. The monoisotopic (exact) mass is 398 g/mol. The van der Waals surface area contributed by atoms with E-state index < -0.39 is 0 Å². The summed E-state index contributed by atoms with van der Waals surface area (Å²) in [5.41, 5.74) is 9.55. The van der Waals surface area contributed by atoms with Gasteiger partial charge in [-0.15, -0.1) is 12.4 Å². The summed E-state index contributed by atoms with van der Waals surface area (Å²) < 4.78 is 2.12. The summed E-state index contributed by atoms with van der Waals surface area (Å²) in [4.78, 5) is 7.59. The molecule has 28 heavy (non-hydrogen) atoms. The van der Waals surface area contributed by atoms with Crippen LogP contribution >= 0.6 is 12.4 Å². The number of fused-ring (bicyclic) bond motifs is 3. The number of halogens is 1. The molecule has 0 saturated heterocycles. The molecule has 1 aromatic carbocycles. The van der Waals surface area contributed by atoms with E-state index in [0.717, 1.165) is 42.8 Å². The van der Waals surface area contributed by atoms with Gasteiger partial charge in [-0.2, -0.15) is 9.61 Å². The van der Waals surface area contributed by atoms with Crippen LogP contribution in [0.2, 0.25) is 0 Å². The first kappa shape index (κ1) is 20.7. The normalized spacial score (nSPS) is 13.3. The maximum absolute atomic E-state index is 5.03. The summed E-state index contributed by atoms with van der Waals surface area (Å²) in [6.45, 7) is 14.2. The zero-order chi connectivity index (χ0) is 19.3. The Morgan fingerprint density at radius 1 is 1.04 bits per heavy atom. The molecule has 0 unspecified atom stereocenters. The Hall–Kier alpha value is -2.07. The lowest BCUT2D eigenvalue weighted by Gasteiger charge is -2.28. The second-order valence-electron chi connectivity index (χ2n) is 7.93. The van der Waals surface area contributed by atoms with E-state index >= 15 is 0 Å². The highest BCUT2D eigenvalue weighted by Gasteiger charge is 2.31. The van der Waals surface area contributed by atoms with E-state index in [0.29, 0.717) is 6.04 Å². The summed E-state index contributed by atoms with van der Waals surface area (Å²) in [5.74, 6) is 1.27.